The molecule has 0 aliphatic heterocycles. The van der Waals surface area contributed by atoms with Crippen LogP contribution in [0.5, 0.6) is 5.75 Å². The predicted octanol–water partition coefficient (Wildman–Crippen LogP) is 6.57. The van der Waals surface area contributed by atoms with Crippen LogP contribution in [0.1, 0.15) is 77.9 Å². The van der Waals surface area contributed by atoms with Gasteiger partial charge in [-0.15, -0.1) is 0 Å². The molecule has 0 unspecified atom stereocenters. The smallest absolute Gasteiger partial charge is 0.459 e. The van der Waals surface area contributed by atoms with Crippen molar-refractivity contribution in [3.63, 3.8) is 0 Å². The fourth-order valence-corrected chi connectivity index (χ4v) is 6.05. The Balaban J connectivity index is 1.71. The van der Waals surface area contributed by atoms with Gasteiger partial charge in [0.15, 0.2) is 5.82 Å². The van der Waals surface area contributed by atoms with Crippen LogP contribution >= 0.6 is 7.75 Å². The summed E-state index contributed by atoms with van der Waals surface area (Å²) in [5.74, 6) is -1.03. The van der Waals surface area contributed by atoms with Crippen molar-refractivity contribution in [2.24, 2.45) is 0 Å². The molecule has 12 heteroatoms. The van der Waals surface area contributed by atoms with Gasteiger partial charge in [-0.1, -0.05) is 49.7 Å². The normalized spacial score (nSPS) is 18.5. The number of nitrogens with zero attached hydrogens (tertiary/aromatic N) is 3. The van der Waals surface area contributed by atoms with Crippen molar-refractivity contribution in [1.29, 1.82) is 0 Å². The second kappa shape index (κ2) is 14.8. The lowest BCUT2D eigenvalue weighted by Crippen LogP contribution is -2.36. The van der Waals surface area contributed by atoms with Gasteiger partial charge in [-0.05, 0) is 58.5 Å². The van der Waals surface area contributed by atoms with Gasteiger partial charge in [0.1, 0.15) is 29.7 Å². The first-order valence-electron chi connectivity index (χ1n) is 18.4. The van der Waals surface area contributed by atoms with Crippen molar-refractivity contribution in [2.45, 2.75) is 78.5 Å². The molecule has 0 bridgehead atoms. The SMILES string of the molecule is [2H]C([2H])([2H])C(OC(=O)[C@@H](N[P@@](=O)(OCC[C@H](CCC)n1c(COCC)nc2c(N)nc3ccccc3c21)Oc1ccccc1)C([2H])([2H])[2H])C([2H])([2H])[2H]. The maximum absolute atomic E-state index is 14.4. The Bertz CT molecular complexity index is 1860. The molecular weight excluding hydrogens is 569 g/mol. The van der Waals surface area contributed by atoms with E-state index in [0.29, 0.717) is 41.8 Å². The monoisotopic (exact) mass is 620 g/mol. The van der Waals surface area contributed by atoms with Gasteiger partial charge in [0.25, 0.3) is 0 Å². The number of esters is 1. The number of anilines is 1. The molecular formula is C31H42N5O6P. The second-order valence-corrected chi connectivity index (χ2v) is 11.3. The standard InChI is InChI=1S/C31H42N5O6P/c1-6-13-23(36-27(20-39-7-2)34-28-29(36)25-16-11-12-17-26(25)33-30(28)32)18-19-40-43(38,42-24-14-9-8-10-15-24)35-22(5)31(37)41-21(3)4/h8-12,14-17,21-23H,6-7,13,18-20H2,1-5H3,(H2,32,33)(H,35,38)/t22-,23-,43+/m0/s1/i3D3,4D3,5D3. The molecule has 43 heavy (non-hydrogen) atoms. The number of aromatic nitrogens is 3. The summed E-state index contributed by atoms with van der Waals surface area (Å²) in [6.45, 7) is -5.92. The summed E-state index contributed by atoms with van der Waals surface area (Å²) in [5.41, 5.74) is 8.19. The van der Waals surface area contributed by atoms with E-state index in [1.54, 1.807) is 18.2 Å². The van der Waals surface area contributed by atoms with Gasteiger partial charge in [-0.2, -0.15) is 5.09 Å². The Labute approximate surface area is 265 Å². The van der Waals surface area contributed by atoms with Crippen LogP contribution in [-0.2, 0) is 30.0 Å². The number of hydrogen-bond donors (Lipinski definition) is 2. The summed E-state index contributed by atoms with van der Waals surface area (Å²) in [4.78, 5) is 22.5. The van der Waals surface area contributed by atoms with Crippen LogP contribution in [0.4, 0.5) is 5.82 Å². The van der Waals surface area contributed by atoms with Gasteiger partial charge in [0.05, 0.1) is 23.7 Å². The summed E-state index contributed by atoms with van der Waals surface area (Å²) in [6, 6.07) is 12.1. The Morgan fingerprint density at radius 2 is 1.84 bits per heavy atom. The molecule has 0 saturated heterocycles. The van der Waals surface area contributed by atoms with Crippen LogP contribution in [0.15, 0.2) is 54.6 Å². The predicted molar refractivity (Wildman–Crippen MR) is 168 cm³/mol. The second-order valence-electron chi connectivity index (χ2n) is 9.59. The molecule has 4 aromatic rings. The molecule has 0 saturated carbocycles. The van der Waals surface area contributed by atoms with Crippen molar-refractivity contribution >= 4 is 41.5 Å². The fraction of sp³-hybridized carbons (Fsp3) is 0.452. The lowest BCUT2D eigenvalue weighted by molar-refractivity contribution is -0.149. The third-order valence-electron chi connectivity index (χ3n) is 6.49. The molecule has 11 nitrogen and oxygen atoms in total. The summed E-state index contributed by atoms with van der Waals surface area (Å²) >= 11 is 0. The minimum atomic E-state index is -4.82. The van der Waals surface area contributed by atoms with Crippen LogP contribution < -0.4 is 15.3 Å². The van der Waals surface area contributed by atoms with Crippen molar-refractivity contribution in [3.8, 4) is 5.75 Å². The average molecular weight is 621 g/mol. The molecule has 0 aliphatic rings. The van der Waals surface area contributed by atoms with Gasteiger partial charge in [0.2, 0.25) is 0 Å². The largest absolute Gasteiger partial charge is 0.462 e. The number of para-hydroxylation sites is 2. The number of nitrogens with one attached hydrogen (secondary N) is 1. The number of nitrogens with two attached hydrogens (primary N) is 1. The first-order valence-corrected chi connectivity index (χ1v) is 15.4. The van der Waals surface area contributed by atoms with Crippen LogP contribution in [0, 0.1) is 0 Å². The van der Waals surface area contributed by atoms with Gasteiger partial charge >= 0.3 is 13.7 Å². The Kier molecular flexibility index (Phi) is 7.59. The van der Waals surface area contributed by atoms with Crippen molar-refractivity contribution in [2.75, 3.05) is 18.9 Å². The van der Waals surface area contributed by atoms with Crippen molar-refractivity contribution in [1.82, 2.24) is 19.6 Å². The van der Waals surface area contributed by atoms with E-state index in [0.717, 1.165) is 5.39 Å². The quantitative estimate of drug-likeness (QED) is 0.104. The number of pyridine rings is 1. The summed E-state index contributed by atoms with van der Waals surface area (Å²) in [7, 11) is -4.82. The lowest BCUT2D eigenvalue weighted by Gasteiger charge is -2.25. The van der Waals surface area contributed by atoms with Crippen molar-refractivity contribution in [3.05, 3.63) is 60.4 Å². The minimum Gasteiger partial charge on any atom is -0.462 e. The van der Waals surface area contributed by atoms with Crippen LogP contribution in [0.3, 0.4) is 0 Å². The average Bonchev–Trinajstić information content (AvgIpc) is 3.44. The molecule has 2 aromatic heterocycles. The third-order valence-corrected chi connectivity index (χ3v) is 8.04. The molecule has 3 N–H and O–H groups in total. The molecule has 232 valence electrons. The highest BCUT2D eigenvalue weighted by molar-refractivity contribution is 7.52. The van der Waals surface area contributed by atoms with Crippen LogP contribution in [0.25, 0.3) is 21.9 Å². The Morgan fingerprint density at radius 1 is 1.07 bits per heavy atom. The lowest BCUT2D eigenvalue weighted by atomic mass is 10.1. The number of nitrogen functional groups attached to an aromatic ring is 1. The molecule has 2 heterocycles. The number of carbonyl (C=O) groups excluding carboxylic acids is 1. The maximum atomic E-state index is 14.4. The number of imidazole rings is 1. The third kappa shape index (κ3) is 8.12. The first kappa shape index (κ1) is 22.1. The first-order chi connectivity index (χ1) is 24.3. The Morgan fingerprint density at radius 3 is 2.56 bits per heavy atom. The van der Waals surface area contributed by atoms with E-state index in [9.17, 15) is 9.36 Å². The fourth-order valence-electron chi connectivity index (χ4n) is 4.71. The van der Waals surface area contributed by atoms with E-state index < -0.39 is 46.4 Å². The number of carbonyl (C=O) groups is 1. The van der Waals surface area contributed by atoms with Crippen molar-refractivity contribution < 1.29 is 40.2 Å². The van der Waals surface area contributed by atoms with Gasteiger partial charge < -0.3 is 24.3 Å². The van der Waals surface area contributed by atoms with E-state index in [-0.39, 0.29) is 37.2 Å². The zero-order valence-corrected chi connectivity index (χ0v) is 24.9. The molecule has 0 aliphatic carbocycles. The zero-order chi connectivity index (χ0) is 38.5. The minimum absolute atomic E-state index is 0.0157. The molecule has 4 rings (SSSR count). The number of hydrogen-bond acceptors (Lipinski definition) is 9. The van der Waals surface area contributed by atoms with E-state index in [4.69, 9.17) is 41.6 Å². The number of benzene rings is 2. The number of ether oxygens (including phenoxy) is 2. The summed E-state index contributed by atoms with van der Waals surface area (Å²) < 4.78 is 108. The van der Waals surface area contributed by atoms with Gasteiger partial charge in [-0.3, -0.25) is 9.32 Å². The molecule has 0 spiro atoms. The van der Waals surface area contributed by atoms with E-state index >= 15 is 0 Å². The number of rotatable bonds is 16. The van der Waals surface area contributed by atoms with E-state index in [2.05, 4.69) is 10.1 Å². The zero-order valence-electron chi connectivity index (χ0n) is 33.0. The number of fused-ring (bicyclic) bond motifs is 3. The molecule has 0 amide bonds. The summed E-state index contributed by atoms with van der Waals surface area (Å²) in [5, 5.41) is 2.90. The molecule has 3 atom stereocenters. The Hall–Kier alpha value is -3.50. The van der Waals surface area contributed by atoms with Gasteiger partial charge in [0, 0.05) is 30.4 Å². The molecule has 0 fully saturated rings. The molecule has 0 radical (unpaired) electrons. The highest BCUT2D eigenvalue weighted by Gasteiger charge is 2.33. The van der Waals surface area contributed by atoms with Crippen LogP contribution in [-0.4, -0.2) is 45.9 Å². The van der Waals surface area contributed by atoms with E-state index in [1.165, 1.54) is 12.1 Å². The summed E-state index contributed by atoms with van der Waals surface area (Å²) in [6.07, 6.45) is -1.21. The molecule has 2 aromatic carbocycles. The topological polar surface area (TPSA) is 140 Å². The van der Waals surface area contributed by atoms with Crippen LogP contribution in [0.2, 0.25) is 0 Å². The van der Waals surface area contributed by atoms with E-state index in [1.807, 2.05) is 42.7 Å². The highest BCUT2D eigenvalue weighted by atomic mass is 31.2. The highest BCUT2D eigenvalue weighted by Crippen LogP contribution is 2.45. The maximum Gasteiger partial charge on any atom is 0.459 e. The van der Waals surface area contributed by atoms with Gasteiger partial charge in [-0.25, -0.2) is 14.5 Å².